The van der Waals surface area contributed by atoms with E-state index in [2.05, 4.69) is 42.9 Å². The Kier molecular flexibility index (Phi) is 6.06. The highest BCUT2D eigenvalue weighted by molar-refractivity contribution is 5.84. The zero-order valence-corrected chi connectivity index (χ0v) is 14.3. The van der Waals surface area contributed by atoms with Gasteiger partial charge in [-0.2, -0.15) is 0 Å². The van der Waals surface area contributed by atoms with Crippen LogP contribution < -0.4 is 5.32 Å². The van der Waals surface area contributed by atoms with Crippen molar-refractivity contribution in [1.82, 2.24) is 15.1 Å². The number of piperidine rings is 1. The lowest BCUT2D eigenvalue weighted by molar-refractivity contribution is -0.131. The molecule has 2 aliphatic rings. The first kappa shape index (κ1) is 16.8. The molecule has 4 atom stereocenters. The standard InChI is InChI=1S/C17H33N3O/c1-5-8-15-18-16(13(3)6-2)17(21)20(15)12-14-9-7-10-19(4)11-14/h13-16,18H,5-12H2,1-4H3. The van der Waals surface area contributed by atoms with E-state index >= 15 is 0 Å². The van der Waals surface area contributed by atoms with Gasteiger partial charge in [0, 0.05) is 13.1 Å². The van der Waals surface area contributed by atoms with Gasteiger partial charge in [-0.05, 0) is 44.7 Å². The maximum Gasteiger partial charge on any atom is 0.241 e. The van der Waals surface area contributed by atoms with Crippen LogP contribution in [0.3, 0.4) is 0 Å². The Balaban J connectivity index is 2.01. The van der Waals surface area contributed by atoms with Crippen molar-refractivity contribution in [3.05, 3.63) is 0 Å². The summed E-state index contributed by atoms with van der Waals surface area (Å²) in [5.74, 6) is 1.41. The Bertz CT molecular complexity index is 347. The Morgan fingerprint density at radius 3 is 2.76 bits per heavy atom. The molecule has 1 N–H and O–H groups in total. The van der Waals surface area contributed by atoms with Crippen LogP contribution in [0.1, 0.15) is 52.9 Å². The molecule has 0 radical (unpaired) electrons. The number of nitrogens with one attached hydrogen (secondary N) is 1. The minimum absolute atomic E-state index is 0.0351. The van der Waals surface area contributed by atoms with Crippen LogP contribution in [-0.2, 0) is 4.79 Å². The Labute approximate surface area is 130 Å². The lowest BCUT2D eigenvalue weighted by Crippen LogP contribution is -2.44. The summed E-state index contributed by atoms with van der Waals surface area (Å²) in [6, 6.07) is 0.0351. The lowest BCUT2D eigenvalue weighted by Gasteiger charge is -2.34. The van der Waals surface area contributed by atoms with Gasteiger partial charge in [-0.25, -0.2) is 0 Å². The summed E-state index contributed by atoms with van der Waals surface area (Å²) in [4.78, 5) is 17.4. The number of hydrogen-bond acceptors (Lipinski definition) is 3. The summed E-state index contributed by atoms with van der Waals surface area (Å²) in [5.41, 5.74) is 0. The molecule has 0 bridgehead atoms. The third-order valence-corrected chi connectivity index (χ3v) is 5.25. The largest absolute Gasteiger partial charge is 0.325 e. The lowest BCUT2D eigenvalue weighted by atomic mass is 9.96. The van der Waals surface area contributed by atoms with Crippen LogP contribution in [0.25, 0.3) is 0 Å². The zero-order valence-electron chi connectivity index (χ0n) is 14.3. The van der Waals surface area contributed by atoms with Crippen LogP contribution in [-0.4, -0.2) is 54.6 Å². The fourth-order valence-electron chi connectivity index (χ4n) is 3.77. The first-order valence-corrected chi connectivity index (χ1v) is 8.81. The summed E-state index contributed by atoms with van der Waals surface area (Å²) in [7, 11) is 2.20. The first-order chi connectivity index (χ1) is 10.1. The molecule has 0 saturated carbocycles. The number of amides is 1. The molecule has 2 fully saturated rings. The van der Waals surface area contributed by atoms with E-state index in [-0.39, 0.29) is 12.2 Å². The Morgan fingerprint density at radius 1 is 1.38 bits per heavy atom. The van der Waals surface area contributed by atoms with E-state index in [0.29, 0.717) is 17.7 Å². The topological polar surface area (TPSA) is 35.6 Å². The van der Waals surface area contributed by atoms with Crippen molar-refractivity contribution < 1.29 is 4.79 Å². The molecule has 1 amide bonds. The van der Waals surface area contributed by atoms with Gasteiger partial charge in [-0.3, -0.25) is 10.1 Å². The number of nitrogens with zero attached hydrogens (tertiary/aromatic N) is 2. The van der Waals surface area contributed by atoms with Crippen LogP contribution in [0.5, 0.6) is 0 Å². The summed E-state index contributed by atoms with van der Waals surface area (Å²) >= 11 is 0. The molecule has 0 aromatic carbocycles. The second kappa shape index (κ2) is 7.59. The SMILES string of the molecule is CCCC1NC(C(C)CC)C(=O)N1CC1CCCN(C)C1. The second-order valence-corrected chi connectivity index (χ2v) is 7.10. The number of hydrogen-bond donors (Lipinski definition) is 1. The van der Waals surface area contributed by atoms with Crippen molar-refractivity contribution in [2.75, 3.05) is 26.7 Å². The van der Waals surface area contributed by atoms with Crippen molar-refractivity contribution in [3.63, 3.8) is 0 Å². The highest BCUT2D eigenvalue weighted by Gasteiger charge is 2.41. The van der Waals surface area contributed by atoms with E-state index in [1.165, 1.54) is 19.4 Å². The van der Waals surface area contributed by atoms with E-state index in [4.69, 9.17) is 0 Å². The average Bonchev–Trinajstić information content (AvgIpc) is 2.76. The normalized spacial score (nSPS) is 32.7. The Morgan fingerprint density at radius 2 is 2.14 bits per heavy atom. The van der Waals surface area contributed by atoms with Crippen LogP contribution in [0.2, 0.25) is 0 Å². The minimum atomic E-state index is 0.0351. The van der Waals surface area contributed by atoms with Crippen molar-refractivity contribution in [1.29, 1.82) is 0 Å². The zero-order chi connectivity index (χ0) is 15.4. The monoisotopic (exact) mass is 295 g/mol. The van der Waals surface area contributed by atoms with E-state index in [9.17, 15) is 4.79 Å². The molecule has 2 heterocycles. The second-order valence-electron chi connectivity index (χ2n) is 7.10. The summed E-state index contributed by atoms with van der Waals surface area (Å²) in [6.45, 7) is 9.85. The number of likely N-dealkylation sites (tertiary alicyclic amines) is 1. The van der Waals surface area contributed by atoms with Gasteiger partial charge in [0.2, 0.25) is 5.91 Å². The van der Waals surface area contributed by atoms with Gasteiger partial charge in [0.25, 0.3) is 0 Å². The molecule has 122 valence electrons. The van der Waals surface area contributed by atoms with Crippen LogP contribution >= 0.6 is 0 Å². The fourth-order valence-corrected chi connectivity index (χ4v) is 3.77. The highest BCUT2D eigenvalue weighted by atomic mass is 16.2. The van der Waals surface area contributed by atoms with E-state index in [1.807, 2.05) is 0 Å². The molecule has 2 saturated heterocycles. The molecule has 0 aromatic rings. The average molecular weight is 295 g/mol. The van der Waals surface area contributed by atoms with Crippen LogP contribution in [0.4, 0.5) is 0 Å². The first-order valence-electron chi connectivity index (χ1n) is 8.81. The van der Waals surface area contributed by atoms with Crippen molar-refractivity contribution >= 4 is 5.91 Å². The fraction of sp³-hybridized carbons (Fsp3) is 0.941. The van der Waals surface area contributed by atoms with Gasteiger partial charge in [-0.15, -0.1) is 0 Å². The van der Waals surface area contributed by atoms with Crippen LogP contribution in [0, 0.1) is 11.8 Å². The van der Waals surface area contributed by atoms with Gasteiger partial charge in [0.05, 0.1) is 12.2 Å². The van der Waals surface area contributed by atoms with E-state index in [1.54, 1.807) is 0 Å². The summed E-state index contributed by atoms with van der Waals surface area (Å²) < 4.78 is 0. The highest BCUT2D eigenvalue weighted by Crippen LogP contribution is 2.25. The maximum absolute atomic E-state index is 12.8. The van der Waals surface area contributed by atoms with Crippen molar-refractivity contribution in [2.45, 2.75) is 65.1 Å². The smallest absolute Gasteiger partial charge is 0.241 e. The molecule has 0 aromatic heterocycles. The predicted molar refractivity (Wildman–Crippen MR) is 87.0 cm³/mol. The van der Waals surface area contributed by atoms with E-state index in [0.717, 1.165) is 32.4 Å². The van der Waals surface area contributed by atoms with Crippen LogP contribution in [0.15, 0.2) is 0 Å². The van der Waals surface area contributed by atoms with Gasteiger partial charge < -0.3 is 9.80 Å². The third-order valence-electron chi connectivity index (χ3n) is 5.25. The van der Waals surface area contributed by atoms with E-state index < -0.39 is 0 Å². The summed E-state index contributed by atoms with van der Waals surface area (Å²) in [5, 5.41) is 3.61. The number of carbonyl (C=O) groups excluding carboxylic acids is 1. The molecule has 4 heteroatoms. The van der Waals surface area contributed by atoms with Crippen molar-refractivity contribution in [3.8, 4) is 0 Å². The quantitative estimate of drug-likeness (QED) is 0.817. The maximum atomic E-state index is 12.8. The van der Waals surface area contributed by atoms with Gasteiger partial charge >= 0.3 is 0 Å². The third kappa shape index (κ3) is 3.98. The molecule has 21 heavy (non-hydrogen) atoms. The number of rotatable bonds is 6. The molecule has 4 unspecified atom stereocenters. The molecular weight excluding hydrogens is 262 g/mol. The molecule has 0 spiro atoms. The Hall–Kier alpha value is -0.610. The molecule has 2 rings (SSSR count). The number of carbonyl (C=O) groups is 1. The molecule has 2 aliphatic heterocycles. The van der Waals surface area contributed by atoms with Crippen molar-refractivity contribution in [2.24, 2.45) is 11.8 Å². The van der Waals surface area contributed by atoms with Gasteiger partial charge in [0.15, 0.2) is 0 Å². The molecule has 4 nitrogen and oxygen atoms in total. The molecule has 0 aliphatic carbocycles. The summed E-state index contributed by atoms with van der Waals surface area (Å²) in [6.07, 6.45) is 6.04. The van der Waals surface area contributed by atoms with Gasteiger partial charge in [-0.1, -0.05) is 33.6 Å². The minimum Gasteiger partial charge on any atom is -0.325 e. The molecular formula is C17H33N3O. The predicted octanol–water partition coefficient (Wildman–Crippen LogP) is 2.30. The van der Waals surface area contributed by atoms with Gasteiger partial charge in [0.1, 0.15) is 0 Å².